The Hall–Kier alpha value is -2.54. The molecule has 3 aromatic rings. The van der Waals surface area contributed by atoms with Gasteiger partial charge in [-0.15, -0.1) is 12.4 Å². The topological polar surface area (TPSA) is 60.8 Å². The molecule has 6 nitrogen and oxygen atoms in total. The molecule has 33 heavy (non-hydrogen) atoms. The summed E-state index contributed by atoms with van der Waals surface area (Å²) < 4.78 is 12.5. The number of methoxy groups -OCH3 is 1. The molecule has 0 spiro atoms. The molecule has 0 radical (unpaired) electrons. The molecule has 3 rings (SSSR count). The molecule has 0 saturated heterocycles. The third kappa shape index (κ3) is 6.08. The number of ether oxygens (including phenoxy) is 2. The second-order valence-corrected chi connectivity index (χ2v) is 7.96. The van der Waals surface area contributed by atoms with Crippen molar-refractivity contribution in [3.8, 4) is 5.75 Å². The van der Waals surface area contributed by atoms with E-state index in [1.807, 2.05) is 19.1 Å². The Morgan fingerprint density at radius 1 is 1.06 bits per heavy atom. The molecule has 0 aliphatic carbocycles. The first-order valence-corrected chi connectivity index (χ1v) is 11.1. The van der Waals surface area contributed by atoms with Crippen LogP contribution in [0.2, 0.25) is 5.02 Å². The van der Waals surface area contributed by atoms with E-state index < -0.39 is 0 Å². The zero-order valence-electron chi connectivity index (χ0n) is 19.4. The molecule has 2 aromatic carbocycles. The van der Waals surface area contributed by atoms with E-state index in [-0.39, 0.29) is 30.7 Å². The minimum Gasteiger partial charge on any atom is -0.497 e. The molecule has 0 atom stereocenters. The highest BCUT2D eigenvalue weighted by Gasteiger charge is 2.22. The standard InChI is InChI=1S/C25H29ClN2O4.ClH/c1-5-27(6-2)13-14-32-24(29)16-21-17(3)28(23-12-11-20(31-4)15-22(21)23)25(30)18-7-9-19(26)10-8-18;/h7-12,15H,5-6,13-14,16H2,1-4H3;1H. The van der Waals surface area contributed by atoms with E-state index in [1.54, 1.807) is 42.0 Å². The minimum atomic E-state index is -0.318. The second-order valence-electron chi connectivity index (χ2n) is 7.52. The molecular formula is C25H30Cl2N2O4. The molecule has 0 aliphatic heterocycles. The first-order chi connectivity index (χ1) is 15.4. The lowest BCUT2D eigenvalue weighted by Gasteiger charge is -2.17. The number of hydrogen-bond donors (Lipinski definition) is 0. The van der Waals surface area contributed by atoms with Crippen molar-refractivity contribution in [1.82, 2.24) is 9.47 Å². The summed E-state index contributed by atoms with van der Waals surface area (Å²) in [6.07, 6.45) is 0.0780. The van der Waals surface area contributed by atoms with Gasteiger partial charge in [0.2, 0.25) is 0 Å². The van der Waals surface area contributed by atoms with Crippen molar-refractivity contribution in [2.75, 3.05) is 33.4 Å². The number of fused-ring (bicyclic) bond motifs is 1. The largest absolute Gasteiger partial charge is 0.497 e. The van der Waals surface area contributed by atoms with Gasteiger partial charge >= 0.3 is 5.97 Å². The van der Waals surface area contributed by atoms with Gasteiger partial charge < -0.3 is 14.4 Å². The normalized spacial score (nSPS) is 10.8. The van der Waals surface area contributed by atoms with Crippen molar-refractivity contribution in [3.63, 3.8) is 0 Å². The van der Waals surface area contributed by atoms with Gasteiger partial charge in [-0.05, 0) is 68.0 Å². The number of esters is 1. The van der Waals surface area contributed by atoms with Gasteiger partial charge in [-0.2, -0.15) is 0 Å². The lowest BCUT2D eigenvalue weighted by Crippen LogP contribution is -2.28. The fraction of sp³-hybridized carbons (Fsp3) is 0.360. The van der Waals surface area contributed by atoms with E-state index in [9.17, 15) is 9.59 Å². The van der Waals surface area contributed by atoms with E-state index >= 15 is 0 Å². The summed E-state index contributed by atoms with van der Waals surface area (Å²) in [5.74, 6) is 0.154. The van der Waals surface area contributed by atoms with Crippen LogP contribution < -0.4 is 4.74 Å². The Labute approximate surface area is 205 Å². The average molecular weight is 493 g/mol. The Bertz CT molecular complexity index is 1110. The van der Waals surface area contributed by atoms with Crippen LogP contribution in [0.25, 0.3) is 10.9 Å². The Morgan fingerprint density at radius 2 is 1.73 bits per heavy atom. The van der Waals surface area contributed by atoms with Gasteiger partial charge in [-0.25, -0.2) is 0 Å². The van der Waals surface area contributed by atoms with E-state index in [4.69, 9.17) is 21.1 Å². The van der Waals surface area contributed by atoms with E-state index in [1.165, 1.54) is 0 Å². The molecule has 0 N–H and O–H groups in total. The molecule has 0 saturated carbocycles. The molecule has 8 heteroatoms. The SMILES string of the molecule is CCN(CC)CCOC(=O)Cc1c(C)n(C(=O)c2ccc(Cl)cc2)c2ccc(OC)cc12.Cl. The number of likely N-dealkylation sites (N-methyl/N-ethyl adjacent to an activating group) is 1. The van der Waals surface area contributed by atoms with Crippen LogP contribution >= 0.6 is 24.0 Å². The number of carbonyl (C=O) groups excluding carboxylic acids is 2. The summed E-state index contributed by atoms with van der Waals surface area (Å²) in [4.78, 5) is 28.1. The predicted molar refractivity (Wildman–Crippen MR) is 134 cm³/mol. The summed E-state index contributed by atoms with van der Waals surface area (Å²) in [5, 5.41) is 1.36. The number of nitrogens with zero attached hydrogens (tertiary/aromatic N) is 2. The maximum atomic E-state index is 13.3. The van der Waals surface area contributed by atoms with Crippen molar-refractivity contribution in [3.05, 3.63) is 64.3 Å². The Morgan fingerprint density at radius 3 is 2.33 bits per heavy atom. The Kier molecular flexibility index (Phi) is 9.77. The van der Waals surface area contributed by atoms with Crippen LogP contribution in [0, 0.1) is 6.92 Å². The van der Waals surface area contributed by atoms with Gasteiger partial charge in [0.15, 0.2) is 0 Å². The van der Waals surface area contributed by atoms with Crippen LogP contribution in [0.3, 0.4) is 0 Å². The fourth-order valence-electron chi connectivity index (χ4n) is 3.82. The van der Waals surface area contributed by atoms with Crippen molar-refractivity contribution in [1.29, 1.82) is 0 Å². The number of halogens is 2. The molecule has 1 aromatic heterocycles. The van der Waals surface area contributed by atoms with Crippen molar-refractivity contribution < 1.29 is 19.1 Å². The maximum absolute atomic E-state index is 13.3. The molecule has 0 aliphatic rings. The summed E-state index contributed by atoms with van der Waals surface area (Å²) >= 11 is 5.98. The van der Waals surface area contributed by atoms with E-state index in [0.29, 0.717) is 40.7 Å². The third-order valence-electron chi connectivity index (χ3n) is 5.72. The molecule has 178 valence electrons. The van der Waals surface area contributed by atoms with Crippen LogP contribution in [0.4, 0.5) is 0 Å². The van der Waals surface area contributed by atoms with Crippen LogP contribution in [0.15, 0.2) is 42.5 Å². The van der Waals surface area contributed by atoms with Crippen LogP contribution in [0.1, 0.15) is 35.5 Å². The smallest absolute Gasteiger partial charge is 0.310 e. The molecule has 0 amide bonds. The van der Waals surface area contributed by atoms with Gasteiger partial charge in [0.1, 0.15) is 12.4 Å². The van der Waals surface area contributed by atoms with Crippen molar-refractivity contribution in [2.45, 2.75) is 27.2 Å². The van der Waals surface area contributed by atoms with Gasteiger partial charge in [0, 0.05) is 28.2 Å². The first-order valence-electron chi connectivity index (χ1n) is 10.8. The molecule has 0 unspecified atom stereocenters. The molecule has 0 fully saturated rings. The summed E-state index contributed by atoms with van der Waals surface area (Å²) in [6, 6.07) is 12.3. The Balaban J connectivity index is 0.00000385. The van der Waals surface area contributed by atoms with Crippen LogP contribution in [-0.4, -0.2) is 54.7 Å². The number of carbonyl (C=O) groups is 2. The number of benzene rings is 2. The van der Waals surface area contributed by atoms with Crippen LogP contribution in [-0.2, 0) is 16.0 Å². The first kappa shape index (κ1) is 26.7. The number of aromatic nitrogens is 1. The highest BCUT2D eigenvalue weighted by Crippen LogP contribution is 2.31. The summed E-state index contributed by atoms with van der Waals surface area (Å²) in [6.45, 7) is 8.86. The summed E-state index contributed by atoms with van der Waals surface area (Å²) in [5.41, 5.74) is 2.69. The highest BCUT2D eigenvalue weighted by molar-refractivity contribution is 6.30. The van der Waals surface area contributed by atoms with E-state index in [0.717, 1.165) is 24.0 Å². The summed E-state index contributed by atoms with van der Waals surface area (Å²) in [7, 11) is 1.59. The van der Waals surface area contributed by atoms with Gasteiger partial charge in [-0.1, -0.05) is 25.4 Å². The minimum absolute atomic E-state index is 0. The third-order valence-corrected chi connectivity index (χ3v) is 5.97. The number of rotatable bonds is 9. The molecule has 1 heterocycles. The van der Waals surface area contributed by atoms with Gasteiger partial charge in [0.25, 0.3) is 5.91 Å². The maximum Gasteiger partial charge on any atom is 0.310 e. The zero-order valence-corrected chi connectivity index (χ0v) is 21.0. The fourth-order valence-corrected chi connectivity index (χ4v) is 3.95. The van der Waals surface area contributed by atoms with E-state index in [2.05, 4.69) is 18.7 Å². The zero-order chi connectivity index (χ0) is 23.3. The monoisotopic (exact) mass is 492 g/mol. The van der Waals surface area contributed by atoms with Gasteiger partial charge in [0.05, 0.1) is 19.0 Å². The number of hydrogen-bond acceptors (Lipinski definition) is 5. The van der Waals surface area contributed by atoms with Crippen LogP contribution in [0.5, 0.6) is 5.75 Å². The molecule has 0 bridgehead atoms. The van der Waals surface area contributed by atoms with Crippen molar-refractivity contribution >= 4 is 46.8 Å². The average Bonchev–Trinajstić information content (AvgIpc) is 3.07. The van der Waals surface area contributed by atoms with Crippen molar-refractivity contribution in [2.24, 2.45) is 0 Å². The predicted octanol–water partition coefficient (Wildman–Crippen LogP) is 5.15. The second kappa shape index (κ2) is 12.1. The highest BCUT2D eigenvalue weighted by atomic mass is 35.5. The lowest BCUT2D eigenvalue weighted by atomic mass is 10.1. The quantitative estimate of drug-likeness (QED) is 0.386. The molecular weight excluding hydrogens is 463 g/mol. The lowest BCUT2D eigenvalue weighted by molar-refractivity contribution is -0.143. The van der Waals surface area contributed by atoms with Gasteiger partial charge in [-0.3, -0.25) is 14.2 Å².